The van der Waals surface area contributed by atoms with Gasteiger partial charge in [-0.15, -0.1) is 0 Å². The number of benzene rings is 1. The molecule has 0 fully saturated rings. The van der Waals surface area contributed by atoms with Crippen molar-refractivity contribution in [2.24, 2.45) is 0 Å². The summed E-state index contributed by atoms with van der Waals surface area (Å²) in [6.07, 6.45) is 2.09. The van der Waals surface area contributed by atoms with E-state index in [0.717, 1.165) is 12.8 Å². The Morgan fingerprint density at radius 3 is 2.30 bits per heavy atom. The van der Waals surface area contributed by atoms with Crippen LogP contribution < -0.4 is 0 Å². The number of hydrogen-bond donors (Lipinski definition) is 0. The van der Waals surface area contributed by atoms with Gasteiger partial charge in [-0.25, -0.2) is 0 Å². The van der Waals surface area contributed by atoms with Gasteiger partial charge in [-0.3, -0.25) is 0 Å². The van der Waals surface area contributed by atoms with Crippen LogP contribution >= 0.6 is 0 Å². The molecule has 0 aromatic heterocycles. The standard InChI is InChI=1S/C10H13/c1-3-4-10-7-5-9(2)6-8-10/h5-8H,1,3-4H2,2H3. The molecule has 0 spiro atoms. The Bertz CT molecular complexity index is 184. The van der Waals surface area contributed by atoms with E-state index in [1.165, 1.54) is 11.1 Å². The van der Waals surface area contributed by atoms with Crippen LogP contribution in [-0.4, -0.2) is 0 Å². The maximum atomic E-state index is 3.80. The third kappa shape index (κ3) is 1.87. The lowest BCUT2D eigenvalue weighted by atomic mass is 10.1. The quantitative estimate of drug-likeness (QED) is 0.582. The highest BCUT2D eigenvalue weighted by Gasteiger charge is 1.88. The molecular formula is C10H13. The predicted octanol–water partition coefficient (Wildman–Crippen LogP) is 2.76. The van der Waals surface area contributed by atoms with Crippen molar-refractivity contribution in [2.75, 3.05) is 0 Å². The molecule has 0 heterocycles. The maximum absolute atomic E-state index is 3.80. The van der Waals surface area contributed by atoms with Gasteiger partial charge in [-0.2, -0.15) is 0 Å². The Morgan fingerprint density at radius 2 is 1.80 bits per heavy atom. The van der Waals surface area contributed by atoms with Crippen molar-refractivity contribution in [1.82, 2.24) is 0 Å². The molecule has 0 bridgehead atoms. The molecule has 0 atom stereocenters. The summed E-state index contributed by atoms with van der Waals surface area (Å²) in [4.78, 5) is 0. The van der Waals surface area contributed by atoms with Crippen molar-refractivity contribution in [3.8, 4) is 0 Å². The second-order valence-electron chi connectivity index (χ2n) is 2.59. The molecule has 1 aromatic rings. The highest BCUT2D eigenvalue weighted by Crippen LogP contribution is 2.04. The van der Waals surface area contributed by atoms with Gasteiger partial charge in [0.25, 0.3) is 0 Å². The number of rotatable bonds is 2. The molecule has 10 heavy (non-hydrogen) atoms. The monoisotopic (exact) mass is 133 g/mol. The van der Waals surface area contributed by atoms with Gasteiger partial charge >= 0.3 is 0 Å². The summed E-state index contributed by atoms with van der Waals surface area (Å²) in [5, 5.41) is 0. The van der Waals surface area contributed by atoms with E-state index in [1.807, 2.05) is 0 Å². The molecule has 1 radical (unpaired) electrons. The fourth-order valence-electron chi connectivity index (χ4n) is 0.959. The average Bonchev–Trinajstić information content (AvgIpc) is 1.95. The highest BCUT2D eigenvalue weighted by molar-refractivity contribution is 5.21. The summed E-state index contributed by atoms with van der Waals surface area (Å²) < 4.78 is 0. The Kier molecular flexibility index (Phi) is 2.49. The van der Waals surface area contributed by atoms with Crippen molar-refractivity contribution in [2.45, 2.75) is 19.8 Å². The summed E-state index contributed by atoms with van der Waals surface area (Å²) in [5.74, 6) is 0. The third-order valence-electron chi connectivity index (χ3n) is 1.59. The fraction of sp³-hybridized carbons (Fsp3) is 0.300. The predicted molar refractivity (Wildman–Crippen MR) is 44.9 cm³/mol. The molecule has 0 aliphatic carbocycles. The van der Waals surface area contributed by atoms with Crippen LogP contribution in [0.5, 0.6) is 0 Å². The Morgan fingerprint density at radius 1 is 1.20 bits per heavy atom. The second-order valence-corrected chi connectivity index (χ2v) is 2.59. The first-order valence-corrected chi connectivity index (χ1v) is 3.67. The van der Waals surface area contributed by atoms with Crippen molar-refractivity contribution >= 4 is 0 Å². The van der Waals surface area contributed by atoms with Gasteiger partial charge in [0, 0.05) is 0 Å². The van der Waals surface area contributed by atoms with E-state index >= 15 is 0 Å². The molecule has 0 N–H and O–H groups in total. The first kappa shape index (κ1) is 7.33. The molecule has 0 aliphatic rings. The molecular weight excluding hydrogens is 120 g/mol. The van der Waals surface area contributed by atoms with Gasteiger partial charge in [-0.05, 0) is 25.3 Å². The van der Waals surface area contributed by atoms with Crippen molar-refractivity contribution in [1.29, 1.82) is 0 Å². The van der Waals surface area contributed by atoms with Crippen molar-refractivity contribution in [3.05, 3.63) is 42.3 Å². The van der Waals surface area contributed by atoms with Gasteiger partial charge in [0.15, 0.2) is 0 Å². The van der Waals surface area contributed by atoms with Crippen LogP contribution in [0.25, 0.3) is 0 Å². The minimum Gasteiger partial charge on any atom is -0.0591 e. The van der Waals surface area contributed by atoms with Gasteiger partial charge in [0.2, 0.25) is 0 Å². The number of aryl methyl sites for hydroxylation is 2. The van der Waals surface area contributed by atoms with E-state index in [0.29, 0.717) is 0 Å². The first-order chi connectivity index (χ1) is 4.83. The van der Waals surface area contributed by atoms with E-state index in [1.54, 1.807) is 0 Å². The summed E-state index contributed by atoms with van der Waals surface area (Å²) in [5.41, 5.74) is 2.72. The van der Waals surface area contributed by atoms with Crippen LogP contribution in [0.2, 0.25) is 0 Å². The van der Waals surface area contributed by atoms with Gasteiger partial charge in [0.05, 0.1) is 0 Å². The lowest BCUT2D eigenvalue weighted by Gasteiger charge is -1.97. The van der Waals surface area contributed by atoms with Crippen LogP contribution in [0.1, 0.15) is 17.5 Å². The Labute approximate surface area is 62.9 Å². The van der Waals surface area contributed by atoms with E-state index in [2.05, 4.69) is 38.1 Å². The molecule has 1 aromatic carbocycles. The molecule has 0 saturated carbocycles. The topological polar surface area (TPSA) is 0 Å². The first-order valence-electron chi connectivity index (χ1n) is 3.67. The largest absolute Gasteiger partial charge is 0.0591 e. The van der Waals surface area contributed by atoms with Crippen LogP contribution in [0.15, 0.2) is 24.3 Å². The molecule has 1 rings (SSSR count). The second kappa shape index (κ2) is 3.40. The van der Waals surface area contributed by atoms with Gasteiger partial charge in [0.1, 0.15) is 0 Å². The zero-order chi connectivity index (χ0) is 7.40. The number of hydrogen-bond acceptors (Lipinski definition) is 0. The smallest absolute Gasteiger partial charge is 0.0279 e. The van der Waals surface area contributed by atoms with Crippen molar-refractivity contribution < 1.29 is 0 Å². The normalized spacial score (nSPS) is 9.80. The lowest BCUT2D eigenvalue weighted by molar-refractivity contribution is 0.998. The van der Waals surface area contributed by atoms with Crippen LogP contribution in [0, 0.1) is 13.8 Å². The molecule has 0 amide bonds. The maximum Gasteiger partial charge on any atom is -0.0279 e. The minimum atomic E-state index is 0.989. The minimum absolute atomic E-state index is 0.989. The third-order valence-corrected chi connectivity index (χ3v) is 1.59. The lowest BCUT2D eigenvalue weighted by Crippen LogP contribution is -1.81. The Hall–Kier alpha value is -0.780. The molecule has 0 saturated heterocycles. The zero-order valence-corrected chi connectivity index (χ0v) is 6.43. The zero-order valence-electron chi connectivity index (χ0n) is 6.43. The van der Waals surface area contributed by atoms with Crippen LogP contribution in [-0.2, 0) is 6.42 Å². The molecule has 0 heteroatoms. The molecule has 0 nitrogen and oxygen atoms in total. The Balaban J connectivity index is 2.69. The fourth-order valence-corrected chi connectivity index (χ4v) is 0.959. The summed E-state index contributed by atoms with van der Waals surface area (Å²) in [6.45, 7) is 5.91. The van der Waals surface area contributed by atoms with E-state index in [4.69, 9.17) is 0 Å². The SMILES string of the molecule is [CH2]CCc1ccc(C)cc1. The van der Waals surface area contributed by atoms with E-state index in [9.17, 15) is 0 Å². The summed E-state index contributed by atoms with van der Waals surface area (Å²) >= 11 is 0. The summed E-state index contributed by atoms with van der Waals surface area (Å²) in [7, 11) is 0. The molecule has 53 valence electrons. The van der Waals surface area contributed by atoms with E-state index in [-0.39, 0.29) is 0 Å². The van der Waals surface area contributed by atoms with Gasteiger partial charge in [-0.1, -0.05) is 36.8 Å². The van der Waals surface area contributed by atoms with Crippen LogP contribution in [0.3, 0.4) is 0 Å². The van der Waals surface area contributed by atoms with E-state index < -0.39 is 0 Å². The average molecular weight is 133 g/mol. The van der Waals surface area contributed by atoms with Crippen LogP contribution in [0.4, 0.5) is 0 Å². The summed E-state index contributed by atoms with van der Waals surface area (Å²) in [6, 6.07) is 8.62. The highest BCUT2D eigenvalue weighted by atomic mass is 13.9. The van der Waals surface area contributed by atoms with Crippen molar-refractivity contribution in [3.63, 3.8) is 0 Å². The van der Waals surface area contributed by atoms with Gasteiger partial charge < -0.3 is 0 Å². The molecule has 0 unspecified atom stereocenters. The molecule has 0 aliphatic heterocycles.